The van der Waals surface area contributed by atoms with Gasteiger partial charge >= 0.3 is 5.97 Å². The number of carboxylic acid groups (broad SMARTS) is 1. The summed E-state index contributed by atoms with van der Waals surface area (Å²) < 4.78 is 5.86. The van der Waals surface area contributed by atoms with Gasteiger partial charge in [-0.05, 0) is 36.8 Å². The fraction of sp³-hybridized carbons (Fsp3) is 0.278. The number of benzene rings is 1. The van der Waals surface area contributed by atoms with Gasteiger partial charge in [-0.15, -0.1) is 0 Å². The van der Waals surface area contributed by atoms with Gasteiger partial charge in [-0.1, -0.05) is 12.1 Å². The van der Waals surface area contributed by atoms with Gasteiger partial charge in [0.2, 0.25) is 0 Å². The normalized spacial score (nSPS) is 14.9. The minimum absolute atomic E-state index is 0.0641. The first kappa shape index (κ1) is 15.4. The standard InChI is InChI=1S/C18H18N4O3/c1-12-5-6-15-14(11-12)20-18(25-15)22-9-7-21(8-10-22)16-4-2-3-13(19-16)17(23)24/h2-6,11H,7-10H2,1H3,(H,23,24). The molecule has 1 aromatic carbocycles. The summed E-state index contributed by atoms with van der Waals surface area (Å²) in [5.41, 5.74) is 2.88. The van der Waals surface area contributed by atoms with Crippen molar-refractivity contribution < 1.29 is 14.3 Å². The van der Waals surface area contributed by atoms with Crippen LogP contribution < -0.4 is 9.80 Å². The second-order valence-electron chi connectivity index (χ2n) is 6.13. The number of carboxylic acids is 1. The Bertz CT molecular complexity index is 929. The lowest BCUT2D eigenvalue weighted by atomic mass is 10.2. The molecule has 0 spiro atoms. The van der Waals surface area contributed by atoms with E-state index in [1.54, 1.807) is 6.07 Å². The van der Waals surface area contributed by atoms with Crippen LogP contribution in [-0.2, 0) is 0 Å². The van der Waals surface area contributed by atoms with Crippen LogP contribution >= 0.6 is 0 Å². The summed E-state index contributed by atoms with van der Waals surface area (Å²) >= 11 is 0. The number of hydrogen-bond acceptors (Lipinski definition) is 6. The third-order valence-electron chi connectivity index (χ3n) is 4.36. The van der Waals surface area contributed by atoms with Crippen molar-refractivity contribution in [3.8, 4) is 0 Å². The van der Waals surface area contributed by atoms with Crippen molar-refractivity contribution in [2.24, 2.45) is 0 Å². The molecule has 2 aromatic heterocycles. The molecule has 3 aromatic rings. The van der Waals surface area contributed by atoms with Crippen LogP contribution in [-0.4, -0.2) is 47.2 Å². The van der Waals surface area contributed by atoms with Crippen molar-refractivity contribution in [3.63, 3.8) is 0 Å². The summed E-state index contributed by atoms with van der Waals surface area (Å²) in [5, 5.41) is 9.08. The molecule has 1 N–H and O–H groups in total. The Labute approximate surface area is 144 Å². The van der Waals surface area contributed by atoms with E-state index in [-0.39, 0.29) is 5.69 Å². The maximum Gasteiger partial charge on any atom is 0.354 e. The maximum atomic E-state index is 11.1. The Morgan fingerprint density at radius 3 is 2.60 bits per heavy atom. The average Bonchev–Trinajstić information content (AvgIpc) is 3.05. The topological polar surface area (TPSA) is 82.7 Å². The van der Waals surface area contributed by atoms with E-state index in [1.165, 1.54) is 6.07 Å². The predicted molar refractivity (Wildman–Crippen MR) is 94.4 cm³/mol. The van der Waals surface area contributed by atoms with Gasteiger partial charge in [-0.3, -0.25) is 0 Å². The van der Waals surface area contributed by atoms with Crippen molar-refractivity contribution >= 4 is 28.9 Å². The molecule has 0 bridgehead atoms. The number of hydrogen-bond donors (Lipinski definition) is 1. The average molecular weight is 338 g/mol. The van der Waals surface area contributed by atoms with Crippen molar-refractivity contribution in [3.05, 3.63) is 47.7 Å². The van der Waals surface area contributed by atoms with Crippen LogP contribution in [0.1, 0.15) is 16.1 Å². The Morgan fingerprint density at radius 1 is 1.08 bits per heavy atom. The lowest BCUT2D eigenvalue weighted by molar-refractivity contribution is 0.0690. The number of rotatable bonds is 3. The maximum absolute atomic E-state index is 11.1. The monoisotopic (exact) mass is 338 g/mol. The van der Waals surface area contributed by atoms with Gasteiger partial charge in [0.1, 0.15) is 11.3 Å². The molecule has 0 radical (unpaired) electrons. The number of aromatic nitrogens is 2. The zero-order valence-electron chi connectivity index (χ0n) is 13.8. The number of oxazole rings is 1. The van der Waals surface area contributed by atoms with E-state index in [0.717, 1.165) is 42.8 Å². The molecule has 0 atom stereocenters. The number of nitrogens with zero attached hydrogens (tertiary/aromatic N) is 4. The fourth-order valence-electron chi connectivity index (χ4n) is 3.01. The zero-order chi connectivity index (χ0) is 17.4. The highest BCUT2D eigenvalue weighted by molar-refractivity contribution is 5.85. The van der Waals surface area contributed by atoms with Gasteiger partial charge < -0.3 is 19.3 Å². The van der Waals surface area contributed by atoms with Gasteiger partial charge in [0.15, 0.2) is 11.3 Å². The number of carbonyl (C=O) groups is 1. The number of piperazine rings is 1. The minimum atomic E-state index is -1.01. The summed E-state index contributed by atoms with van der Waals surface area (Å²) in [6.07, 6.45) is 0. The Hall–Kier alpha value is -3.09. The summed E-state index contributed by atoms with van der Waals surface area (Å²) in [4.78, 5) is 24.0. The smallest absolute Gasteiger partial charge is 0.354 e. The molecule has 25 heavy (non-hydrogen) atoms. The molecule has 0 saturated carbocycles. The van der Waals surface area contributed by atoms with Gasteiger partial charge in [0.05, 0.1) is 0 Å². The third kappa shape index (κ3) is 3.00. The third-order valence-corrected chi connectivity index (χ3v) is 4.36. The van der Waals surface area contributed by atoms with Gasteiger partial charge in [0.25, 0.3) is 6.01 Å². The van der Waals surface area contributed by atoms with E-state index in [0.29, 0.717) is 11.8 Å². The van der Waals surface area contributed by atoms with E-state index in [2.05, 4.69) is 19.8 Å². The lowest BCUT2D eigenvalue weighted by Gasteiger charge is -2.34. The van der Waals surface area contributed by atoms with Gasteiger partial charge in [-0.2, -0.15) is 4.98 Å². The van der Waals surface area contributed by atoms with Gasteiger partial charge in [-0.25, -0.2) is 9.78 Å². The van der Waals surface area contributed by atoms with Crippen molar-refractivity contribution in [1.29, 1.82) is 0 Å². The van der Waals surface area contributed by atoms with E-state index in [4.69, 9.17) is 9.52 Å². The molecule has 1 fully saturated rings. The number of pyridine rings is 1. The number of aromatic carboxylic acids is 1. The molecule has 3 heterocycles. The molecule has 1 saturated heterocycles. The van der Waals surface area contributed by atoms with Crippen LogP contribution in [0.4, 0.5) is 11.8 Å². The zero-order valence-corrected chi connectivity index (χ0v) is 13.8. The summed E-state index contributed by atoms with van der Waals surface area (Å²) in [5.74, 6) is -0.324. The highest BCUT2D eigenvalue weighted by Gasteiger charge is 2.22. The van der Waals surface area contributed by atoms with Crippen LogP contribution in [0, 0.1) is 6.92 Å². The Kier molecular flexibility index (Phi) is 3.76. The molecular formula is C18H18N4O3. The second-order valence-corrected chi connectivity index (χ2v) is 6.13. The Morgan fingerprint density at radius 2 is 1.84 bits per heavy atom. The predicted octanol–water partition coefficient (Wildman–Crippen LogP) is 2.56. The second kappa shape index (κ2) is 6.08. The SMILES string of the molecule is Cc1ccc2oc(N3CCN(c4cccc(C(=O)O)n4)CC3)nc2c1. The number of fused-ring (bicyclic) bond motifs is 1. The van der Waals surface area contributed by atoms with E-state index in [1.807, 2.05) is 31.2 Å². The van der Waals surface area contributed by atoms with Crippen LogP contribution in [0.5, 0.6) is 0 Å². The molecule has 0 aliphatic carbocycles. The first-order chi connectivity index (χ1) is 12.1. The van der Waals surface area contributed by atoms with Crippen molar-refractivity contribution in [2.45, 2.75) is 6.92 Å². The lowest BCUT2D eigenvalue weighted by Crippen LogP contribution is -2.47. The molecule has 4 rings (SSSR count). The molecule has 7 heteroatoms. The molecule has 0 amide bonds. The van der Waals surface area contributed by atoms with E-state index < -0.39 is 5.97 Å². The molecule has 7 nitrogen and oxygen atoms in total. The molecule has 1 aliphatic rings. The molecular weight excluding hydrogens is 320 g/mol. The van der Waals surface area contributed by atoms with E-state index >= 15 is 0 Å². The fourth-order valence-corrected chi connectivity index (χ4v) is 3.01. The van der Waals surface area contributed by atoms with Crippen molar-refractivity contribution in [2.75, 3.05) is 36.0 Å². The largest absolute Gasteiger partial charge is 0.477 e. The van der Waals surface area contributed by atoms with Gasteiger partial charge in [0, 0.05) is 26.2 Å². The number of anilines is 2. The van der Waals surface area contributed by atoms with Crippen LogP contribution in [0.15, 0.2) is 40.8 Å². The van der Waals surface area contributed by atoms with Crippen molar-refractivity contribution in [1.82, 2.24) is 9.97 Å². The Balaban J connectivity index is 1.49. The highest BCUT2D eigenvalue weighted by Crippen LogP contribution is 2.24. The highest BCUT2D eigenvalue weighted by atomic mass is 16.4. The first-order valence-electron chi connectivity index (χ1n) is 8.17. The summed E-state index contributed by atoms with van der Waals surface area (Å²) in [6.45, 7) is 4.97. The summed E-state index contributed by atoms with van der Waals surface area (Å²) in [6, 6.07) is 11.7. The van der Waals surface area contributed by atoms with Crippen LogP contribution in [0.3, 0.4) is 0 Å². The first-order valence-corrected chi connectivity index (χ1v) is 8.17. The minimum Gasteiger partial charge on any atom is -0.477 e. The molecule has 0 unspecified atom stereocenters. The van der Waals surface area contributed by atoms with Crippen LogP contribution in [0.2, 0.25) is 0 Å². The molecule has 128 valence electrons. The van der Waals surface area contributed by atoms with Crippen LogP contribution in [0.25, 0.3) is 11.1 Å². The quantitative estimate of drug-likeness (QED) is 0.786. The summed E-state index contributed by atoms with van der Waals surface area (Å²) in [7, 11) is 0. The molecule has 1 aliphatic heterocycles. The van der Waals surface area contributed by atoms with E-state index in [9.17, 15) is 4.79 Å². The number of aryl methyl sites for hydroxylation is 1.